The molecule has 1 N–H and O–H groups in total. The fourth-order valence-electron chi connectivity index (χ4n) is 2.62. The molecule has 0 saturated carbocycles. The van der Waals surface area contributed by atoms with E-state index in [1.165, 1.54) is 5.56 Å². The molecule has 0 aliphatic heterocycles. The number of hydrogen-bond donors (Lipinski definition) is 1. The van der Waals surface area contributed by atoms with Crippen LogP contribution in [0.25, 0.3) is 0 Å². The zero-order chi connectivity index (χ0) is 14.5. The Morgan fingerprint density at radius 2 is 2.10 bits per heavy atom. The molecule has 5 heteroatoms. The first kappa shape index (κ1) is 14.8. The Hall–Kier alpha value is -1.62. The molecule has 0 aliphatic rings. The van der Waals surface area contributed by atoms with Crippen molar-refractivity contribution in [2.45, 2.75) is 46.2 Å². The first-order chi connectivity index (χ1) is 9.71. The van der Waals surface area contributed by atoms with Crippen LogP contribution >= 0.6 is 0 Å². The molecule has 0 aromatic carbocycles. The highest BCUT2D eigenvalue weighted by Gasteiger charge is 2.22. The average Bonchev–Trinajstić information content (AvgIpc) is 3.03. The molecule has 2 heterocycles. The average molecular weight is 275 g/mol. The molecule has 0 radical (unpaired) electrons. The first-order valence-corrected chi connectivity index (χ1v) is 7.48. The van der Waals surface area contributed by atoms with E-state index in [9.17, 15) is 0 Å². The van der Waals surface area contributed by atoms with Gasteiger partial charge in [0.05, 0.1) is 11.7 Å². The lowest BCUT2D eigenvalue weighted by Gasteiger charge is -2.19. The Kier molecular flexibility index (Phi) is 4.95. The van der Waals surface area contributed by atoms with Gasteiger partial charge in [0.15, 0.2) is 0 Å². The maximum absolute atomic E-state index is 4.58. The van der Waals surface area contributed by atoms with Crippen LogP contribution < -0.4 is 5.32 Å². The van der Waals surface area contributed by atoms with Crippen LogP contribution in [0.4, 0.5) is 0 Å². The number of nitrogens with one attached hydrogen (secondary N) is 1. The molecule has 20 heavy (non-hydrogen) atoms. The fraction of sp³-hybridized carbons (Fsp3) is 0.600. The molecule has 0 saturated heterocycles. The van der Waals surface area contributed by atoms with Crippen LogP contribution in [0.2, 0.25) is 0 Å². The Labute approximate surface area is 121 Å². The van der Waals surface area contributed by atoms with Gasteiger partial charge in [0.1, 0.15) is 5.82 Å². The van der Waals surface area contributed by atoms with Crippen molar-refractivity contribution < 1.29 is 0 Å². The standard InChI is InChI=1S/C15H25N5/c1-5-9-20-10-8-17-15(20)14(16-7-3)12-11-19(4)18-13(12)6-2/h8,10-11,14,16H,5-7,9H2,1-4H3. The van der Waals surface area contributed by atoms with E-state index in [0.717, 1.165) is 37.4 Å². The minimum absolute atomic E-state index is 0.116. The summed E-state index contributed by atoms with van der Waals surface area (Å²) >= 11 is 0. The summed E-state index contributed by atoms with van der Waals surface area (Å²) in [5, 5.41) is 8.11. The number of nitrogens with zero attached hydrogens (tertiary/aromatic N) is 4. The van der Waals surface area contributed by atoms with Gasteiger partial charge in [-0.25, -0.2) is 4.98 Å². The van der Waals surface area contributed by atoms with Crippen molar-refractivity contribution in [3.63, 3.8) is 0 Å². The number of rotatable bonds is 7. The zero-order valence-corrected chi connectivity index (χ0v) is 12.9. The minimum atomic E-state index is 0.116. The molecule has 0 fully saturated rings. The Bertz CT molecular complexity index is 540. The summed E-state index contributed by atoms with van der Waals surface area (Å²) < 4.78 is 4.13. The third-order valence-electron chi connectivity index (χ3n) is 3.46. The lowest BCUT2D eigenvalue weighted by Crippen LogP contribution is -2.26. The molecular weight excluding hydrogens is 250 g/mol. The van der Waals surface area contributed by atoms with E-state index in [1.54, 1.807) is 0 Å². The molecule has 0 bridgehead atoms. The fourth-order valence-corrected chi connectivity index (χ4v) is 2.62. The smallest absolute Gasteiger partial charge is 0.130 e. The monoisotopic (exact) mass is 275 g/mol. The SMILES string of the molecule is CCCn1ccnc1C(NCC)c1cn(C)nc1CC. The summed E-state index contributed by atoms with van der Waals surface area (Å²) in [6.45, 7) is 8.36. The van der Waals surface area contributed by atoms with Crippen molar-refractivity contribution in [1.29, 1.82) is 0 Å². The third kappa shape index (κ3) is 2.93. The molecule has 2 aromatic rings. The summed E-state index contributed by atoms with van der Waals surface area (Å²) in [6, 6.07) is 0.116. The second kappa shape index (κ2) is 6.70. The molecule has 0 aliphatic carbocycles. The van der Waals surface area contributed by atoms with Gasteiger partial charge < -0.3 is 9.88 Å². The highest BCUT2D eigenvalue weighted by Crippen LogP contribution is 2.24. The van der Waals surface area contributed by atoms with Crippen molar-refractivity contribution in [2.75, 3.05) is 6.54 Å². The third-order valence-corrected chi connectivity index (χ3v) is 3.46. The zero-order valence-electron chi connectivity index (χ0n) is 12.9. The Balaban J connectivity index is 2.41. The van der Waals surface area contributed by atoms with E-state index in [4.69, 9.17) is 0 Å². The molecule has 0 amide bonds. The van der Waals surface area contributed by atoms with Crippen LogP contribution in [-0.4, -0.2) is 25.9 Å². The van der Waals surface area contributed by atoms with Crippen molar-refractivity contribution in [1.82, 2.24) is 24.6 Å². The van der Waals surface area contributed by atoms with Crippen molar-refractivity contribution in [3.8, 4) is 0 Å². The normalized spacial score (nSPS) is 12.8. The summed E-state index contributed by atoms with van der Waals surface area (Å²) in [7, 11) is 1.98. The van der Waals surface area contributed by atoms with Crippen LogP contribution in [0.5, 0.6) is 0 Å². The van der Waals surface area contributed by atoms with Gasteiger partial charge in [0.25, 0.3) is 0 Å². The summed E-state index contributed by atoms with van der Waals surface area (Å²) in [6.07, 6.45) is 8.10. The van der Waals surface area contributed by atoms with Gasteiger partial charge in [-0.1, -0.05) is 20.8 Å². The van der Waals surface area contributed by atoms with E-state index in [2.05, 4.69) is 53.1 Å². The number of hydrogen-bond acceptors (Lipinski definition) is 3. The van der Waals surface area contributed by atoms with Gasteiger partial charge in [-0.3, -0.25) is 4.68 Å². The number of aromatic nitrogens is 4. The van der Waals surface area contributed by atoms with E-state index in [-0.39, 0.29) is 6.04 Å². The van der Waals surface area contributed by atoms with Gasteiger partial charge >= 0.3 is 0 Å². The molecule has 0 spiro atoms. The molecule has 2 aromatic heterocycles. The molecule has 1 unspecified atom stereocenters. The van der Waals surface area contributed by atoms with Gasteiger partial charge in [0, 0.05) is 37.7 Å². The Morgan fingerprint density at radius 3 is 2.75 bits per heavy atom. The van der Waals surface area contributed by atoms with Gasteiger partial charge in [0.2, 0.25) is 0 Å². The van der Waals surface area contributed by atoms with Crippen LogP contribution in [0.1, 0.15) is 50.3 Å². The first-order valence-electron chi connectivity index (χ1n) is 7.48. The highest BCUT2D eigenvalue weighted by molar-refractivity contribution is 5.27. The predicted octanol–water partition coefficient (Wildman–Crippen LogP) is 2.29. The molecule has 2 rings (SSSR count). The second-order valence-electron chi connectivity index (χ2n) is 5.03. The van der Waals surface area contributed by atoms with Gasteiger partial charge in [-0.2, -0.15) is 5.10 Å². The van der Waals surface area contributed by atoms with Crippen LogP contribution in [-0.2, 0) is 20.0 Å². The number of imidazole rings is 1. The van der Waals surface area contributed by atoms with Crippen LogP contribution in [0, 0.1) is 0 Å². The van der Waals surface area contributed by atoms with Crippen molar-refractivity contribution >= 4 is 0 Å². The van der Waals surface area contributed by atoms with Crippen LogP contribution in [0.15, 0.2) is 18.6 Å². The maximum atomic E-state index is 4.58. The topological polar surface area (TPSA) is 47.7 Å². The second-order valence-corrected chi connectivity index (χ2v) is 5.03. The van der Waals surface area contributed by atoms with Gasteiger partial charge in [-0.05, 0) is 19.4 Å². The minimum Gasteiger partial charge on any atom is -0.333 e. The highest BCUT2D eigenvalue weighted by atomic mass is 15.3. The summed E-state index contributed by atoms with van der Waals surface area (Å²) in [5.41, 5.74) is 2.38. The maximum Gasteiger partial charge on any atom is 0.130 e. The number of aryl methyl sites for hydroxylation is 3. The summed E-state index contributed by atoms with van der Waals surface area (Å²) in [5.74, 6) is 1.08. The molecule has 110 valence electrons. The quantitative estimate of drug-likeness (QED) is 0.843. The van der Waals surface area contributed by atoms with Crippen LogP contribution in [0.3, 0.4) is 0 Å². The van der Waals surface area contributed by atoms with Crippen molar-refractivity contribution in [3.05, 3.63) is 35.7 Å². The largest absolute Gasteiger partial charge is 0.333 e. The predicted molar refractivity (Wildman–Crippen MR) is 80.6 cm³/mol. The van der Waals surface area contributed by atoms with E-state index in [0.29, 0.717) is 0 Å². The molecule has 5 nitrogen and oxygen atoms in total. The Morgan fingerprint density at radius 1 is 1.30 bits per heavy atom. The van der Waals surface area contributed by atoms with Crippen molar-refractivity contribution in [2.24, 2.45) is 7.05 Å². The molecule has 1 atom stereocenters. The lowest BCUT2D eigenvalue weighted by molar-refractivity contribution is 0.541. The van der Waals surface area contributed by atoms with Gasteiger partial charge in [-0.15, -0.1) is 0 Å². The van der Waals surface area contributed by atoms with E-state index < -0.39 is 0 Å². The lowest BCUT2D eigenvalue weighted by atomic mass is 10.1. The van der Waals surface area contributed by atoms with E-state index in [1.807, 2.05) is 17.9 Å². The van der Waals surface area contributed by atoms with E-state index >= 15 is 0 Å². The summed E-state index contributed by atoms with van der Waals surface area (Å²) in [4.78, 5) is 4.58. The molecular formula is C15H25N5.